The van der Waals surface area contributed by atoms with Crippen LogP contribution in [-0.4, -0.2) is 42.4 Å². The normalized spacial score (nSPS) is 18.0. The average molecular weight is 348 g/mol. The van der Waals surface area contributed by atoms with E-state index in [0.717, 1.165) is 32.4 Å². The van der Waals surface area contributed by atoms with Crippen molar-refractivity contribution in [1.29, 1.82) is 0 Å². The third kappa shape index (κ3) is 6.94. The Hall–Kier alpha value is -1.75. The molecule has 1 aliphatic rings. The Morgan fingerprint density at radius 1 is 1.28 bits per heavy atom. The lowest BCUT2D eigenvalue weighted by atomic mass is 9.95. The van der Waals surface area contributed by atoms with E-state index in [1.807, 2.05) is 6.07 Å². The molecule has 1 aromatic rings. The Morgan fingerprint density at radius 3 is 2.52 bits per heavy atom. The first-order valence-electron chi connectivity index (χ1n) is 9.42. The van der Waals surface area contributed by atoms with E-state index in [0.29, 0.717) is 12.3 Å². The van der Waals surface area contributed by atoms with Crippen LogP contribution < -0.4 is 15.5 Å². The van der Waals surface area contributed by atoms with Gasteiger partial charge < -0.3 is 20.6 Å². The second kappa shape index (κ2) is 9.09. The van der Waals surface area contributed by atoms with Gasteiger partial charge in [0.1, 0.15) is 0 Å². The summed E-state index contributed by atoms with van der Waals surface area (Å²) in [5.74, 6) is 0.551. The first-order chi connectivity index (χ1) is 11.9. The topological polar surface area (TPSA) is 64.6 Å². The van der Waals surface area contributed by atoms with E-state index in [-0.39, 0.29) is 18.6 Å². The maximum atomic E-state index is 12.1. The van der Waals surface area contributed by atoms with Crippen molar-refractivity contribution in [1.82, 2.24) is 10.6 Å². The first kappa shape index (κ1) is 19.6. The molecule has 2 amide bonds. The van der Waals surface area contributed by atoms with Crippen LogP contribution in [0.25, 0.3) is 0 Å². The number of carbonyl (C=O) groups is 1. The highest BCUT2D eigenvalue weighted by atomic mass is 16.3. The van der Waals surface area contributed by atoms with E-state index in [1.165, 1.54) is 5.69 Å². The quantitative estimate of drug-likeness (QED) is 0.710. The highest BCUT2D eigenvalue weighted by Gasteiger charge is 2.24. The van der Waals surface area contributed by atoms with Crippen molar-refractivity contribution in [2.24, 2.45) is 5.92 Å². The van der Waals surface area contributed by atoms with Crippen molar-refractivity contribution in [2.45, 2.75) is 58.1 Å². The summed E-state index contributed by atoms with van der Waals surface area (Å²) >= 11 is 0. The fourth-order valence-corrected chi connectivity index (χ4v) is 3.12. The van der Waals surface area contributed by atoms with Gasteiger partial charge in [-0.15, -0.1) is 0 Å². The minimum absolute atomic E-state index is 0.178. The van der Waals surface area contributed by atoms with E-state index >= 15 is 0 Å². The summed E-state index contributed by atoms with van der Waals surface area (Å²) in [4.78, 5) is 14.5. The molecule has 1 aromatic carbocycles. The minimum Gasteiger partial charge on any atom is -0.388 e. The Balaban J connectivity index is 1.68. The third-order valence-corrected chi connectivity index (χ3v) is 4.84. The zero-order valence-electron chi connectivity index (χ0n) is 15.8. The van der Waals surface area contributed by atoms with Crippen molar-refractivity contribution < 1.29 is 9.90 Å². The molecule has 1 aliphatic heterocycles. The molecule has 0 radical (unpaired) electrons. The molecule has 1 atom stereocenters. The lowest BCUT2D eigenvalue weighted by Gasteiger charge is -2.34. The van der Waals surface area contributed by atoms with Gasteiger partial charge in [0, 0.05) is 31.4 Å². The predicted octanol–water partition coefficient (Wildman–Crippen LogP) is 3.14. The van der Waals surface area contributed by atoms with Gasteiger partial charge in [-0.25, -0.2) is 4.79 Å². The van der Waals surface area contributed by atoms with Crippen LogP contribution in [0.15, 0.2) is 30.3 Å². The molecule has 1 unspecified atom stereocenters. The molecule has 5 nitrogen and oxygen atoms in total. The van der Waals surface area contributed by atoms with E-state index in [4.69, 9.17) is 0 Å². The molecule has 1 fully saturated rings. The molecule has 140 valence electrons. The van der Waals surface area contributed by atoms with Gasteiger partial charge in [0.2, 0.25) is 0 Å². The van der Waals surface area contributed by atoms with Gasteiger partial charge >= 0.3 is 6.03 Å². The number of aliphatic hydroxyl groups is 1. The summed E-state index contributed by atoms with van der Waals surface area (Å²) in [6, 6.07) is 10.4. The molecule has 2 rings (SSSR count). The Labute approximate surface area is 151 Å². The van der Waals surface area contributed by atoms with Crippen LogP contribution in [0.3, 0.4) is 0 Å². The summed E-state index contributed by atoms with van der Waals surface area (Å²) in [6.07, 6.45) is 3.52. The molecule has 0 bridgehead atoms. The number of para-hydroxylation sites is 1. The van der Waals surface area contributed by atoms with Crippen LogP contribution in [0.1, 0.15) is 46.5 Å². The second-order valence-electron chi connectivity index (χ2n) is 7.85. The van der Waals surface area contributed by atoms with Gasteiger partial charge in [-0.1, -0.05) is 32.0 Å². The Kier molecular flexibility index (Phi) is 7.12. The van der Waals surface area contributed by atoms with Crippen molar-refractivity contribution >= 4 is 11.7 Å². The number of hydrogen-bond donors (Lipinski definition) is 3. The van der Waals surface area contributed by atoms with Gasteiger partial charge in [-0.2, -0.15) is 0 Å². The lowest BCUT2D eigenvalue weighted by molar-refractivity contribution is 0.0475. The second-order valence-corrected chi connectivity index (χ2v) is 7.85. The van der Waals surface area contributed by atoms with Gasteiger partial charge in [-0.05, 0) is 50.7 Å². The van der Waals surface area contributed by atoms with Crippen LogP contribution in [-0.2, 0) is 0 Å². The van der Waals surface area contributed by atoms with Gasteiger partial charge in [0.25, 0.3) is 0 Å². The summed E-state index contributed by atoms with van der Waals surface area (Å²) in [7, 11) is 0. The number of amides is 2. The largest absolute Gasteiger partial charge is 0.388 e. The highest BCUT2D eigenvalue weighted by Crippen LogP contribution is 2.19. The molecule has 0 saturated carbocycles. The average Bonchev–Trinajstić information content (AvgIpc) is 2.60. The maximum absolute atomic E-state index is 12.1. The SMILES string of the molecule is CC(C)CCC(C)(O)CNC(=O)NC1CCN(c2ccccc2)CC1. The molecule has 25 heavy (non-hydrogen) atoms. The molecule has 0 spiro atoms. The minimum atomic E-state index is -0.849. The van der Waals surface area contributed by atoms with Crippen LogP contribution >= 0.6 is 0 Å². The molecule has 5 heteroatoms. The maximum Gasteiger partial charge on any atom is 0.315 e. The van der Waals surface area contributed by atoms with Crippen LogP contribution in [0.2, 0.25) is 0 Å². The van der Waals surface area contributed by atoms with Crippen LogP contribution in [0, 0.1) is 5.92 Å². The monoisotopic (exact) mass is 347 g/mol. The number of nitrogens with zero attached hydrogens (tertiary/aromatic N) is 1. The Morgan fingerprint density at radius 2 is 1.92 bits per heavy atom. The van der Waals surface area contributed by atoms with Gasteiger partial charge in [-0.3, -0.25) is 0 Å². The van der Waals surface area contributed by atoms with E-state index in [9.17, 15) is 9.90 Å². The van der Waals surface area contributed by atoms with Gasteiger partial charge in [0.15, 0.2) is 0 Å². The molecule has 1 saturated heterocycles. The van der Waals surface area contributed by atoms with Crippen molar-refractivity contribution in [3.8, 4) is 0 Å². The molecular weight excluding hydrogens is 314 g/mol. The van der Waals surface area contributed by atoms with Crippen molar-refractivity contribution in [3.05, 3.63) is 30.3 Å². The molecule has 1 heterocycles. The molecule has 0 aliphatic carbocycles. The number of rotatable bonds is 7. The molecular formula is C20H33N3O2. The summed E-state index contributed by atoms with van der Waals surface area (Å²) < 4.78 is 0. The fraction of sp³-hybridized carbons (Fsp3) is 0.650. The first-order valence-corrected chi connectivity index (χ1v) is 9.42. The number of hydrogen-bond acceptors (Lipinski definition) is 3. The van der Waals surface area contributed by atoms with Crippen molar-refractivity contribution in [2.75, 3.05) is 24.5 Å². The highest BCUT2D eigenvalue weighted by molar-refractivity contribution is 5.74. The van der Waals surface area contributed by atoms with E-state index in [1.54, 1.807) is 6.92 Å². The number of piperidine rings is 1. The third-order valence-electron chi connectivity index (χ3n) is 4.84. The van der Waals surface area contributed by atoms with E-state index in [2.05, 4.69) is 53.6 Å². The zero-order chi connectivity index (χ0) is 18.3. The number of nitrogens with one attached hydrogen (secondary N) is 2. The molecule has 0 aromatic heterocycles. The summed E-state index contributed by atoms with van der Waals surface area (Å²) in [6.45, 7) is 8.24. The lowest BCUT2D eigenvalue weighted by Crippen LogP contribution is -2.50. The summed E-state index contributed by atoms with van der Waals surface area (Å²) in [5.41, 5.74) is 0.393. The number of carbonyl (C=O) groups excluding carboxylic acids is 1. The predicted molar refractivity (Wildman–Crippen MR) is 103 cm³/mol. The number of urea groups is 1. The smallest absolute Gasteiger partial charge is 0.315 e. The molecule has 3 N–H and O–H groups in total. The standard InChI is InChI=1S/C20H33N3O2/c1-16(2)9-12-20(3,25)15-21-19(24)22-17-10-13-23(14-11-17)18-7-5-4-6-8-18/h4-8,16-17,25H,9-15H2,1-3H3,(H2,21,22,24). The van der Waals surface area contributed by atoms with Crippen LogP contribution in [0.4, 0.5) is 10.5 Å². The number of benzene rings is 1. The fourth-order valence-electron chi connectivity index (χ4n) is 3.12. The Bertz CT molecular complexity index is 523. The van der Waals surface area contributed by atoms with E-state index < -0.39 is 5.60 Å². The summed E-state index contributed by atoms with van der Waals surface area (Å²) in [5, 5.41) is 16.2. The van der Waals surface area contributed by atoms with Crippen LogP contribution in [0.5, 0.6) is 0 Å². The van der Waals surface area contributed by atoms with Gasteiger partial charge in [0.05, 0.1) is 5.60 Å². The zero-order valence-corrected chi connectivity index (χ0v) is 15.8. The number of anilines is 1. The van der Waals surface area contributed by atoms with Crippen molar-refractivity contribution in [3.63, 3.8) is 0 Å².